The first-order valence-corrected chi connectivity index (χ1v) is 8.62. The Labute approximate surface area is 129 Å². The minimum absolute atomic E-state index is 0.00862. The summed E-state index contributed by atoms with van der Waals surface area (Å²) in [6.45, 7) is 3.36. The predicted molar refractivity (Wildman–Crippen MR) is 82.0 cm³/mol. The number of amides is 1. The Morgan fingerprint density at radius 1 is 1.30 bits per heavy atom. The van der Waals surface area contributed by atoms with Gasteiger partial charge >= 0.3 is 0 Å². The van der Waals surface area contributed by atoms with E-state index in [9.17, 15) is 13.2 Å². The van der Waals surface area contributed by atoms with Crippen LogP contribution in [0.2, 0.25) is 10.0 Å². The smallest absolute Gasteiger partial charge is 0.216 e. The van der Waals surface area contributed by atoms with Gasteiger partial charge in [-0.2, -0.15) is 0 Å². The third-order valence-corrected chi connectivity index (χ3v) is 5.88. The zero-order valence-electron chi connectivity index (χ0n) is 11.3. The molecule has 0 saturated heterocycles. The van der Waals surface area contributed by atoms with Crippen molar-refractivity contribution in [3.63, 3.8) is 0 Å². The number of benzene rings is 1. The van der Waals surface area contributed by atoms with Gasteiger partial charge in [-0.1, -0.05) is 29.3 Å². The average Bonchev–Trinajstić information content (AvgIpc) is 2.37. The molecule has 1 rings (SSSR count). The second-order valence-corrected chi connectivity index (χ2v) is 7.77. The van der Waals surface area contributed by atoms with Gasteiger partial charge in [-0.05, 0) is 31.0 Å². The molecule has 0 aliphatic rings. The van der Waals surface area contributed by atoms with E-state index < -0.39 is 15.1 Å². The summed E-state index contributed by atoms with van der Waals surface area (Å²) in [5, 5.41) is 2.65. The number of halogens is 2. The summed E-state index contributed by atoms with van der Waals surface area (Å²) in [5.74, 6) is -0.158. The molecule has 0 spiro atoms. The van der Waals surface area contributed by atoms with Crippen molar-refractivity contribution in [1.82, 2.24) is 5.32 Å². The van der Waals surface area contributed by atoms with Crippen LogP contribution < -0.4 is 5.32 Å². The fourth-order valence-electron chi connectivity index (χ4n) is 1.69. The Balaban J connectivity index is 2.71. The average molecular weight is 338 g/mol. The second-order valence-electron chi connectivity index (χ2n) is 4.52. The summed E-state index contributed by atoms with van der Waals surface area (Å²) in [5.41, 5.74) is 0.610. The molecule has 7 heteroatoms. The minimum atomic E-state index is -3.29. The molecule has 112 valence electrons. The quantitative estimate of drug-likeness (QED) is 0.811. The topological polar surface area (TPSA) is 63.2 Å². The van der Waals surface area contributed by atoms with Gasteiger partial charge in [0.05, 0.1) is 21.0 Å². The monoisotopic (exact) mass is 337 g/mol. The van der Waals surface area contributed by atoms with Crippen molar-refractivity contribution in [3.05, 3.63) is 33.8 Å². The summed E-state index contributed by atoms with van der Waals surface area (Å²) < 4.78 is 24.4. The third kappa shape index (κ3) is 4.96. The number of nitrogens with one attached hydrogen (secondary N) is 1. The number of hydrogen-bond acceptors (Lipinski definition) is 3. The van der Waals surface area contributed by atoms with Gasteiger partial charge in [0.25, 0.3) is 0 Å². The van der Waals surface area contributed by atoms with Gasteiger partial charge in [-0.15, -0.1) is 0 Å². The maximum Gasteiger partial charge on any atom is 0.216 e. The van der Waals surface area contributed by atoms with E-state index in [2.05, 4.69) is 5.32 Å². The molecule has 0 aliphatic heterocycles. The second kappa shape index (κ2) is 7.29. The highest BCUT2D eigenvalue weighted by atomic mass is 35.5. The highest BCUT2D eigenvalue weighted by molar-refractivity contribution is 7.91. The number of carbonyl (C=O) groups excluding carboxylic acids is 1. The first kappa shape index (κ1) is 17.3. The molecule has 0 radical (unpaired) electrons. The lowest BCUT2D eigenvalue weighted by Gasteiger charge is -2.14. The van der Waals surface area contributed by atoms with Crippen molar-refractivity contribution in [2.24, 2.45) is 0 Å². The Kier molecular flexibility index (Phi) is 6.30. The largest absolute Gasteiger partial charge is 0.356 e. The first-order chi connectivity index (χ1) is 9.24. The third-order valence-electron chi connectivity index (χ3n) is 2.93. The van der Waals surface area contributed by atoms with E-state index in [1.165, 1.54) is 6.92 Å². The van der Waals surface area contributed by atoms with Gasteiger partial charge < -0.3 is 5.32 Å². The van der Waals surface area contributed by atoms with Gasteiger partial charge in [0.1, 0.15) is 0 Å². The maximum absolute atomic E-state index is 12.2. The van der Waals surface area contributed by atoms with Crippen molar-refractivity contribution in [2.75, 3.05) is 12.3 Å². The highest BCUT2D eigenvalue weighted by Crippen LogP contribution is 2.29. The molecular formula is C13H17Cl2NO3S. The number of rotatable bonds is 6. The molecule has 1 amide bonds. The SMILES string of the molecule is CC(=O)NCCCS(=O)(=O)[C@H](C)c1ccc(Cl)c(Cl)c1. The van der Waals surface area contributed by atoms with Crippen molar-refractivity contribution < 1.29 is 13.2 Å². The van der Waals surface area contributed by atoms with Gasteiger partial charge in [0, 0.05) is 13.5 Å². The van der Waals surface area contributed by atoms with E-state index in [4.69, 9.17) is 23.2 Å². The molecule has 4 nitrogen and oxygen atoms in total. The first-order valence-electron chi connectivity index (χ1n) is 6.15. The standard InChI is InChI=1S/C13H17Cl2NO3S/c1-9(11-4-5-12(14)13(15)8-11)20(18,19)7-3-6-16-10(2)17/h4-5,8-9H,3,6-7H2,1-2H3,(H,16,17)/t9-/m1/s1. The number of carbonyl (C=O) groups is 1. The summed E-state index contributed by atoms with van der Waals surface area (Å²) in [7, 11) is -3.29. The molecule has 0 unspecified atom stereocenters. The van der Waals surface area contributed by atoms with Crippen LogP contribution in [0.4, 0.5) is 0 Å². The van der Waals surface area contributed by atoms with Crippen LogP contribution in [-0.4, -0.2) is 26.6 Å². The predicted octanol–water partition coefficient (Wildman–Crippen LogP) is 3.00. The normalized spacial score (nSPS) is 13.0. The molecule has 0 aromatic heterocycles. The zero-order valence-corrected chi connectivity index (χ0v) is 13.6. The lowest BCUT2D eigenvalue weighted by atomic mass is 10.2. The van der Waals surface area contributed by atoms with Crippen molar-refractivity contribution >= 4 is 38.9 Å². The van der Waals surface area contributed by atoms with Crippen molar-refractivity contribution in [1.29, 1.82) is 0 Å². The van der Waals surface area contributed by atoms with Crippen LogP contribution in [0.25, 0.3) is 0 Å². The molecule has 1 N–H and O–H groups in total. The van der Waals surface area contributed by atoms with E-state index in [0.717, 1.165) is 0 Å². The van der Waals surface area contributed by atoms with Crippen LogP contribution in [0.5, 0.6) is 0 Å². The van der Waals surface area contributed by atoms with Crippen LogP contribution >= 0.6 is 23.2 Å². The molecule has 0 saturated carbocycles. The van der Waals surface area contributed by atoms with Gasteiger partial charge in [0.2, 0.25) is 5.91 Å². The molecule has 0 fully saturated rings. The van der Waals surface area contributed by atoms with Crippen LogP contribution in [0.3, 0.4) is 0 Å². The molecular weight excluding hydrogens is 321 g/mol. The Hall–Kier alpha value is -0.780. The van der Waals surface area contributed by atoms with Gasteiger partial charge in [0.15, 0.2) is 9.84 Å². The Morgan fingerprint density at radius 2 is 1.95 bits per heavy atom. The Morgan fingerprint density at radius 3 is 2.50 bits per heavy atom. The molecule has 1 aromatic carbocycles. The van der Waals surface area contributed by atoms with E-state index in [-0.39, 0.29) is 11.7 Å². The van der Waals surface area contributed by atoms with Crippen molar-refractivity contribution in [3.8, 4) is 0 Å². The summed E-state index contributed by atoms with van der Waals surface area (Å²) in [4.78, 5) is 10.7. The molecule has 20 heavy (non-hydrogen) atoms. The molecule has 1 aromatic rings. The fraction of sp³-hybridized carbons (Fsp3) is 0.462. The van der Waals surface area contributed by atoms with Crippen LogP contribution in [0, 0.1) is 0 Å². The lowest BCUT2D eigenvalue weighted by Crippen LogP contribution is -2.24. The van der Waals surface area contributed by atoms with E-state index >= 15 is 0 Å². The maximum atomic E-state index is 12.2. The van der Waals surface area contributed by atoms with Gasteiger partial charge in [-0.25, -0.2) is 8.42 Å². The zero-order chi connectivity index (χ0) is 15.3. The fourth-order valence-corrected chi connectivity index (χ4v) is 3.46. The van der Waals surface area contributed by atoms with Crippen LogP contribution in [0.15, 0.2) is 18.2 Å². The molecule has 0 aliphatic carbocycles. The van der Waals surface area contributed by atoms with E-state index in [0.29, 0.717) is 28.6 Å². The lowest BCUT2D eigenvalue weighted by molar-refractivity contribution is -0.118. The van der Waals surface area contributed by atoms with Crippen molar-refractivity contribution in [2.45, 2.75) is 25.5 Å². The summed E-state index contributed by atoms with van der Waals surface area (Å²) in [6.07, 6.45) is 0.383. The summed E-state index contributed by atoms with van der Waals surface area (Å²) >= 11 is 11.7. The van der Waals surface area contributed by atoms with Crippen LogP contribution in [0.1, 0.15) is 31.1 Å². The number of sulfone groups is 1. The summed E-state index contributed by atoms with van der Waals surface area (Å²) in [6, 6.07) is 4.81. The Bertz CT molecular complexity index is 587. The molecule has 0 heterocycles. The van der Waals surface area contributed by atoms with Gasteiger partial charge in [-0.3, -0.25) is 4.79 Å². The van der Waals surface area contributed by atoms with E-state index in [1.54, 1.807) is 25.1 Å². The highest BCUT2D eigenvalue weighted by Gasteiger charge is 2.22. The van der Waals surface area contributed by atoms with E-state index in [1.807, 2.05) is 0 Å². The minimum Gasteiger partial charge on any atom is -0.356 e. The number of hydrogen-bond donors (Lipinski definition) is 1. The molecule has 1 atom stereocenters. The molecule has 0 bridgehead atoms. The van der Waals surface area contributed by atoms with Crippen LogP contribution in [-0.2, 0) is 14.6 Å².